The van der Waals surface area contributed by atoms with Gasteiger partial charge in [-0.1, -0.05) is 91.0 Å². The van der Waals surface area contributed by atoms with Crippen LogP contribution >= 0.6 is 0 Å². The topological polar surface area (TPSA) is 46.2 Å². The summed E-state index contributed by atoms with van der Waals surface area (Å²) in [7, 11) is 0. The van der Waals surface area contributed by atoms with Crippen molar-refractivity contribution < 1.29 is 23.7 Å². The third-order valence-electron chi connectivity index (χ3n) is 6.20. The largest absolute Gasteiger partial charge is 0.368 e. The number of rotatable bonds is 7. The van der Waals surface area contributed by atoms with Crippen LogP contribution in [0.25, 0.3) is 0 Å². The van der Waals surface area contributed by atoms with Gasteiger partial charge in [-0.25, -0.2) is 0 Å². The zero-order valence-corrected chi connectivity index (χ0v) is 18.8. The quantitative estimate of drug-likeness (QED) is 0.508. The summed E-state index contributed by atoms with van der Waals surface area (Å²) in [5.74, 6) is 0. The van der Waals surface area contributed by atoms with Gasteiger partial charge in [0, 0.05) is 5.56 Å². The zero-order chi connectivity index (χ0) is 22.5. The molecule has 3 aromatic carbocycles. The molecule has 0 bridgehead atoms. The van der Waals surface area contributed by atoms with Crippen molar-refractivity contribution in [2.24, 2.45) is 0 Å². The third kappa shape index (κ3) is 5.35. The van der Waals surface area contributed by atoms with Crippen LogP contribution < -0.4 is 0 Å². The summed E-state index contributed by atoms with van der Waals surface area (Å²) >= 11 is 0. The second kappa shape index (κ2) is 10.6. The Morgan fingerprint density at radius 1 is 0.697 bits per heavy atom. The molecule has 3 aromatic rings. The summed E-state index contributed by atoms with van der Waals surface area (Å²) in [6.45, 7) is 3.45. The normalized spacial score (nSPS) is 29.4. The van der Waals surface area contributed by atoms with Crippen molar-refractivity contribution in [3.63, 3.8) is 0 Å². The van der Waals surface area contributed by atoms with Gasteiger partial charge in [0.15, 0.2) is 6.29 Å². The van der Waals surface area contributed by atoms with Crippen LogP contribution in [0.4, 0.5) is 0 Å². The van der Waals surface area contributed by atoms with Crippen molar-refractivity contribution in [2.75, 3.05) is 6.61 Å². The molecule has 0 aromatic heterocycles. The molecule has 3 unspecified atom stereocenters. The number of fused-ring (bicyclic) bond motifs is 1. The Morgan fingerprint density at radius 3 is 1.85 bits per heavy atom. The van der Waals surface area contributed by atoms with Crippen LogP contribution in [0.15, 0.2) is 91.0 Å². The predicted molar refractivity (Wildman–Crippen MR) is 124 cm³/mol. The van der Waals surface area contributed by atoms with Gasteiger partial charge in [-0.15, -0.1) is 0 Å². The van der Waals surface area contributed by atoms with Crippen molar-refractivity contribution in [2.45, 2.75) is 56.9 Å². The predicted octanol–water partition coefficient (Wildman–Crippen LogP) is 5.06. The lowest BCUT2D eigenvalue weighted by molar-refractivity contribution is -0.337. The van der Waals surface area contributed by atoms with E-state index in [9.17, 15) is 0 Å². The maximum atomic E-state index is 6.51. The SMILES string of the molecule is C[C@@H]1OC2COC(c3ccccc3)O[C@@H]2[C@@H](OCc2ccccc2)C1OCc1ccccc1. The van der Waals surface area contributed by atoms with Crippen LogP contribution in [0.5, 0.6) is 0 Å². The van der Waals surface area contributed by atoms with Crippen LogP contribution in [-0.2, 0) is 36.9 Å². The fraction of sp³-hybridized carbons (Fsp3) is 0.357. The highest BCUT2D eigenvalue weighted by atomic mass is 16.7. The summed E-state index contributed by atoms with van der Waals surface area (Å²) < 4.78 is 31.7. The van der Waals surface area contributed by atoms with E-state index in [2.05, 4.69) is 24.3 Å². The Morgan fingerprint density at radius 2 is 1.24 bits per heavy atom. The highest BCUT2D eigenvalue weighted by molar-refractivity contribution is 5.17. The molecule has 2 aliphatic rings. The van der Waals surface area contributed by atoms with Crippen molar-refractivity contribution in [1.29, 1.82) is 0 Å². The van der Waals surface area contributed by atoms with Gasteiger partial charge in [-0.3, -0.25) is 0 Å². The second-order valence-electron chi connectivity index (χ2n) is 8.58. The average molecular weight is 447 g/mol. The summed E-state index contributed by atoms with van der Waals surface area (Å²) in [5.41, 5.74) is 3.21. The molecule has 5 rings (SSSR count). The minimum atomic E-state index is -0.456. The van der Waals surface area contributed by atoms with Crippen LogP contribution in [0.1, 0.15) is 29.9 Å². The molecule has 172 valence electrons. The molecular weight excluding hydrogens is 416 g/mol. The maximum absolute atomic E-state index is 6.51. The molecule has 5 heteroatoms. The lowest BCUT2D eigenvalue weighted by atomic mass is 9.94. The van der Waals surface area contributed by atoms with Gasteiger partial charge in [0.05, 0.1) is 25.9 Å². The van der Waals surface area contributed by atoms with Crippen LogP contribution in [0.3, 0.4) is 0 Å². The van der Waals surface area contributed by atoms with E-state index in [0.717, 1.165) is 16.7 Å². The minimum absolute atomic E-state index is 0.156. The molecule has 2 saturated heterocycles. The Bertz CT molecular complexity index is 981. The summed E-state index contributed by atoms with van der Waals surface area (Å²) in [4.78, 5) is 0. The summed E-state index contributed by atoms with van der Waals surface area (Å²) in [6.07, 6.45) is -1.69. The van der Waals surface area contributed by atoms with Gasteiger partial charge in [0.25, 0.3) is 0 Å². The monoisotopic (exact) mass is 446 g/mol. The van der Waals surface area contributed by atoms with Gasteiger partial charge >= 0.3 is 0 Å². The van der Waals surface area contributed by atoms with Crippen LogP contribution in [-0.4, -0.2) is 37.1 Å². The molecule has 0 aliphatic carbocycles. The first kappa shape index (κ1) is 22.3. The fourth-order valence-corrected chi connectivity index (χ4v) is 4.50. The number of hydrogen-bond donors (Lipinski definition) is 0. The maximum Gasteiger partial charge on any atom is 0.184 e. The second-order valence-corrected chi connectivity index (χ2v) is 8.58. The lowest BCUT2D eigenvalue weighted by Gasteiger charge is -2.48. The minimum Gasteiger partial charge on any atom is -0.368 e. The van der Waals surface area contributed by atoms with Gasteiger partial charge in [-0.05, 0) is 18.1 Å². The highest BCUT2D eigenvalue weighted by Gasteiger charge is 2.49. The molecule has 5 nitrogen and oxygen atoms in total. The van der Waals surface area contributed by atoms with E-state index in [-0.39, 0.29) is 30.5 Å². The standard InChI is InChI=1S/C28H30O5/c1-20-25(29-17-21-11-5-2-6-12-21)27(30-18-22-13-7-3-8-14-22)26-24(32-20)19-31-28(33-26)23-15-9-4-10-16-23/h2-16,20,24-28H,17-19H2,1H3/t20-,24?,25?,26-,27-,28?/m0/s1. The molecule has 0 spiro atoms. The number of benzene rings is 3. The van der Waals surface area contributed by atoms with Crippen LogP contribution in [0, 0.1) is 0 Å². The first-order chi connectivity index (χ1) is 16.3. The van der Waals surface area contributed by atoms with Crippen LogP contribution in [0.2, 0.25) is 0 Å². The van der Waals surface area contributed by atoms with Gasteiger partial charge in [0.1, 0.15) is 24.4 Å². The molecule has 33 heavy (non-hydrogen) atoms. The molecule has 0 N–H and O–H groups in total. The van der Waals surface area contributed by atoms with Crippen molar-refractivity contribution >= 4 is 0 Å². The Labute approximate surface area is 195 Å². The molecule has 0 amide bonds. The van der Waals surface area contributed by atoms with E-state index in [4.69, 9.17) is 23.7 Å². The molecule has 2 fully saturated rings. The number of hydrogen-bond acceptors (Lipinski definition) is 5. The lowest BCUT2D eigenvalue weighted by Crippen LogP contribution is -2.62. The molecule has 0 saturated carbocycles. The average Bonchev–Trinajstić information content (AvgIpc) is 2.88. The number of ether oxygens (including phenoxy) is 5. The molecular formula is C28H30O5. The highest BCUT2D eigenvalue weighted by Crippen LogP contribution is 2.36. The Hall–Kier alpha value is -2.54. The van der Waals surface area contributed by atoms with E-state index < -0.39 is 6.29 Å². The van der Waals surface area contributed by atoms with E-state index in [1.165, 1.54) is 0 Å². The van der Waals surface area contributed by atoms with Crippen molar-refractivity contribution in [1.82, 2.24) is 0 Å². The van der Waals surface area contributed by atoms with E-state index in [1.54, 1.807) is 0 Å². The molecule has 2 aliphatic heterocycles. The Balaban J connectivity index is 1.36. The van der Waals surface area contributed by atoms with Crippen molar-refractivity contribution in [3.05, 3.63) is 108 Å². The summed E-state index contributed by atoms with van der Waals surface area (Å²) in [6, 6.07) is 30.3. The van der Waals surface area contributed by atoms with Crippen molar-refractivity contribution in [3.8, 4) is 0 Å². The first-order valence-electron chi connectivity index (χ1n) is 11.6. The van der Waals surface area contributed by atoms with Gasteiger partial charge < -0.3 is 23.7 Å². The molecule has 0 radical (unpaired) electrons. The zero-order valence-electron chi connectivity index (χ0n) is 18.8. The van der Waals surface area contributed by atoms with E-state index >= 15 is 0 Å². The smallest absolute Gasteiger partial charge is 0.184 e. The van der Waals surface area contributed by atoms with Gasteiger partial charge in [0.2, 0.25) is 0 Å². The van der Waals surface area contributed by atoms with E-state index in [0.29, 0.717) is 19.8 Å². The molecule has 2 heterocycles. The van der Waals surface area contributed by atoms with E-state index in [1.807, 2.05) is 73.7 Å². The van der Waals surface area contributed by atoms with Gasteiger partial charge in [-0.2, -0.15) is 0 Å². The molecule has 6 atom stereocenters. The third-order valence-corrected chi connectivity index (χ3v) is 6.20. The fourth-order valence-electron chi connectivity index (χ4n) is 4.50. The summed E-state index contributed by atoms with van der Waals surface area (Å²) in [5, 5.41) is 0. The Kier molecular flexibility index (Phi) is 7.15. The first-order valence-corrected chi connectivity index (χ1v) is 11.6.